The molecule has 132 valence electrons. The third-order valence-electron chi connectivity index (χ3n) is 4.95. The highest BCUT2D eigenvalue weighted by Gasteiger charge is 2.34. The summed E-state index contributed by atoms with van der Waals surface area (Å²) in [7, 11) is 1.94. The van der Waals surface area contributed by atoms with Crippen LogP contribution in [0, 0.1) is 5.82 Å². The Labute approximate surface area is 142 Å². The Hall–Kier alpha value is -1.50. The first kappa shape index (κ1) is 17.3. The maximum atomic E-state index is 13.7. The van der Waals surface area contributed by atoms with Crippen LogP contribution in [0.5, 0.6) is 0 Å². The molecule has 1 N–H and O–H groups in total. The van der Waals surface area contributed by atoms with Gasteiger partial charge in [0.1, 0.15) is 11.9 Å². The van der Waals surface area contributed by atoms with Crippen molar-refractivity contribution in [1.82, 2.24) is 15.1 Å². The number of likely N-dealkylation sites (tertiary alicyclic amines) is 1. The predicted octanol–water partition coefficient (Wildman–Crippen LogP) is 1.41. The van der Waals surface area contributed by atoms with E-state index in [1.807, 2.05) is 18.0 Å². The van der Waals surface area contributed by atoms with E-state index in [4.69, 9.17) is 4.74 Å². The molecule has 0 unspecified atom stereocenters. The Morgan fingerprint density at radius 3 is 2.83 bits per heavy atom. The number of benzene rings is 1. The normalized spacial score (nSPS) is 23.9. The van der Waals surface area contributed by atoms with E-state index in [1.165, 1.54) is 12.1 Å². The summed E-state index contributed by atoms with van der Waals surface area (Å²) in [5.41, 5.74) is 0.730. The molecule has 2 aliphatic heterocycles. The van der Waals surface area contributed by atoms with Crippen molar-refractivity contribution in [2.75, 3.05) is 46.4 Å². The number of amides is 1. The highest BCUT2D eigenvalue weighted by molar-refractivity contribution is 5.83. The van der Waals surface area contributed by atoms with Crippen molar-refractivity contribution in [1.29, 1.82) is 0 Å². The van der Waals surface area contributed by atoms with Crippen LogP contribution in [0.15, 0.2) is 24.3 Å². The minimum atomic E-state index is -0.430. The third-order valence-corrected chi connectivity index (χ3v) is 4.95. The van der Waals surface area contributed by atoms with Crippen molar-refractivity contribution in [3.8, 4) is 0 Å². The molecule has 2 fully saturated rings. The zero-order valence-electron chi connectivity index (χ0n) is 14.2. The lowest BCUT2D eigenvalue weighted by Crippen LogP contribution is -2.52. The summed E-state index contributed by atoms with van der Waals surface area (Å²) in [4.78, 5) is 17.3. The number of nitrogens with one attached hydrogen (secondary N) is 1. The molecule has 0 radical (unpaired) electrons. The van der Waals surface area contributed by atoms with Crippen molar-refractivity contribution >= 4 is 5.91 Å². The second kappa shape index (κ2) is 8.05. The summed E-state index contributed by atoms with van der Waals surface area (Å²) in [5.74, 6) is -0.229. The standard InChI is InChI=1S/C18H26FN3O2/c1-20-16-6-3-7-22(13-16)18(23)17(21-8-10-24-11-9-21)14-4-2-5-15(19)12-14/h2,4-5,12,16-17,20H,3,6-11,13H2,1H3/t16-,17-/m0/s1. The molecule has 2 atom stereocenters. The third kappa shape index (κ3) is 3.94. The first-order valence-electron chi connectivity index (χ1n) is 8.72. The topological polar surface area (TPSA) is 44.8 Å². The van der Waals surface area contributed by atoms with Crippen LogP contribution in [-0.4, -0.2) is 68.2 Å². The highest BCUT2D eigenvalue weighted by Crippen LogP contribution is 2.26. The molecule has 0 spiro atoms. The summed E-state index contributed by atoms with van der Waals surface area (Å²) >= 11 is 0. The smallest absolute Gasteiger partial charge is 0.244 e. The van der Waals surface area contributed by atoms with E-state index in [9.17, 15) is 9.18 Å². The number of morpholine rings is 1. The molecular formula is C18H26FN3O2. The second-order valence-electron chi connectivity index (χ2n) is 6.52. The van der Waals surface area contributed by atoms with Crippen LogP contribution in [0.1, 0.15) is 24.4 Å². The number of hydrogen-bond acceptors (Lipinski definition) is 4. The first-order chi connectivity index (χ1) is 11.7. The molecule has 0 aliphatic carbocycles. The van der Waals surface area contributed by atoms with E-state index < -0.39 is 6.04 Å². The summed E-state index contributed by atoms with van der Waals surface area (Å²) in [5, 5.41) is 3.27. The Morgan fingerprint density at radius 2 is 2.12 bits per heavy atom. The summed E-state index contributed by atoms with van der Waals surface area (Å²) < 4.78 is 19.2. The van der Waals surface area contributed by atoms with Gasteiger partial charge in [-0.05, 0) is 37.6 Å². The van der Waals surface area contributed by atoms with Crippen LogP contribution in [0.2, 0.25) is 0 Å². The maximum absolute atomic E-state index is 13.7. The molecule has 0 saturated carbocycles. The van der Waals surface area contributed by atoms with Crippen molar-refractivity contribution < 1.29 is 13.9 Å². The van der Waals surface area contributed by atoms with Crippen molar-refractivity contribution in [2.45, 2.75) is 24.9 Å². The van der Waals surface area contributed by atoms with Crippen molar-refractivity contribution in [3.05, 3.63) is 35.6 Å². The van der Waals surface area contributed by atoms with Crippen LogP contribution >= 0.6 is 0 Å². The molecule has 0 bridgehead atoms. The van der Waals surface area contributed by atoms with Gasteiger partial charge in [0.25, 0.3) is 0 Å². The summed E-state index contributed by atoms with van der Waals surface area (Å²) in [6.45, 7) is 4.08. The highest BCUT2D eigenvalue weighted by atomic mass is 19.1. The first-order valence-corrected chi connectivity index (χ1v) is 8.72. The second-order valence-corrected chi connectivity index (χ2v) is 6.52. The SMILES string of the molecule is CN[C@H]1CCCN(C(=O)[C@H](c2cccc(F)c2)N2CCOCC2)C1. The van der Waals surface area contributed by atoms with E-state index in [0.717, 1.165) is 24.9 Å². The molecule has 24 heavy (non-hydrogen) atoms. The maximum Gasteiger partial charge on any atom is 0.244 e. The van der Waals surface area contributed by atoms with Gasteiger partial charge in [-0.2, -0.15) is 0 Å². The molecule has 2 saturated heterocycles. The van der Waals surface area contributed by atoms with Gasteiger partial charge < -0.3 is 15.0 Å². The van der Waals surface area contributed by atoms with E-state index >= 15 is 0 Å². The Bertz CT molecular complexity index is 563. The average Bonchev–Trinajstić information content (AvgIpc) is 2.63. The molecule has 3 rings (SSSR count). The van der Waals surface area contributed by atoms with E-state index in [1.54, 1.807) is 6.07 Å². The largest absolute Gasteiger partial charge is 0.379 e. The van der Waals surface area contributed by atoms with Gasteiger partial charge in [0.05, 0.1) is 13.2 Å². The quantitative estimate of drug-likeness (QED) is 0.904. The number of hydrogen-bond donors (Lipinski definition) is 1. The lowest BCUT2D eigenvalue weighted by molar-refractivity contribution is -0.140. The number of piperidine rings is 1. The molecule has 0 aromatic heterocycles. The van der Waals surface area contributed by atoms with Gasteiger partial charge in [-0.3, -0.25) is 9.69 Å². The van der Waals surface area contributed by atoms with Crippen LogP contribution < -0.4 is 5.32 Å². The predicted molar refractivity (Wildman–Crippen MR) is 90.2 cm³/mol. The number of carbonyl (C=O) groups excluding carboxylic acids is 1. The molecule has 1 amide bonds. The Kier molecular flexibility index (Phi) is 5.81. The zero-order valence-corrected chi connectivity index (χ0v) is 14.2. The Morgan fingerprint density at radius 1 is 1.33 bits per heavy atom. The molecule has 2 heterocycles. The van der Waals surface area contributed by atoms with E-state index in [-0.39, 0.29) is 11.7 Å². The van der Waals surface area contributed by atoms with Crippen molar-refractivity contribution in [3.63, 3.8) is 0 Å². The number of rotatable bonds is 4. The minimum Gasteiger partial charge on any atom is -0.379 e. The number of halogens is 1. The fraction of sp³-hybridized carbons (Fsp3) is 0.611. The minimum absolute atomic E-state index is 0.0717. The molecular weight excluding hydrogens is 309 g/mol. The number of ether oxygens (including phenoxy) is 1. The van der Waals surface area contributed by atoms with Crippen LogP contribution in [0.4, 0.5) is 4.39 Å². The van der Waals surface area contributed by atoms with Crippen LogP contribution in [0.25, 0.3) is 0 Å². The number of likely N-dealkylation sites (N-methyl/N-ethyl adjacent to an activating group) is 1. The van der Waals surface area contributed by atoms with Gasteiger partial charge >= 0.3 is 0 Å². The zero-order chi connectivity index (χ0) is 16.9. The lowest BCUT2D eigenvalue weighted by atomic mass is 10.00. The lowest BCUT2D eigenvalue weighted by Gasteiger charge is -2.39. The molecule has 2 aliphatic rings. The fourth-order valence-electron chi connectivity index (χ4n) is 3.61. The fourth-order valence-corrected chi connectivity index (χ4v) is 3.61. The number of carbonyl (C=O) groups is 1. The van der Waals surface area contributed by atoms with Crippen LogP contribution in [-0.2, 0) is 9.53 Å². The summed E-state index contributed by atoms with van der Waals surface area (Å²) in [6.07, 6.45) is 2.08. The monoisotopic (exact) mass is 335 g/mol. The van der Waals surface area contributed by atoms with Gasteiger partial charge in [-0.15, -0.1) is 0 Å². The van der Waals surface area contributed by atoms with E-state index in [2.05, 4.69) is 10.2 Å². The molecule has 5 nitrogen and oxygen atoms in total. The number of nitrogens with zero attached hydrogens (tertiary/aromatic N) is 2. The molecule has 1 aromatic rings. The summed E-state index contributed by atoms with van der Waals surface area (Å²) in [6, 6.07) is 6.33. The van der Waals surface area contributed by atoms with Gasteiger partial charge in [-0.1, -0.05) is 12.1 Å². The van der Waals surface area contributed by atoms with Crippen LogP contribution in [0.3, 0.4) is 0 Å². The van der Waals surface area contributed by atoms with Gasteiger partial charge in [0.2, 0.25) is 5.91 Å². The average molecular weight is 335 g/mol. The van der Waals surface area contributed by atoms with Crippen molar-refractivity contribution in [2.24, 2.45) is 0 Å². The molecule has 1 aromatic carbocycles. The Balaban J connectivity index is 1.84. The van der Waals surface area contributed by atoms with Gasteiger partial charge in [0.15, 0.2) is 0 Å². The van der Waals surface area contributed by atoms with Gasteiger partial charge in [0, 0.05) is 32.2 Å². The van der Waals surface area contributed by atoms with Gasteiger partial charge in [-0.25, -0.2) is 4.39 Å². The molecule has 6 heteroatoms. The van der Waals surface area contributed by atoms with E-state index in [0.29, 0.717) is 38.9 Å².